The lowest BCUT2D eigenvalue weighted by atomic mass is 9.99. The van der Waals surface area contributed by atoms with Crippen LogP contribution in [0.25, 0.3) is 0 Å². The molecule has 0 aliphatic carbocycles. The van der Waals surface area contributed by atoms with Gasteiger partial charge >= 0.3 is 13.9 Å². The molecule has 1 aliphatic heterocycles. The topological polar surface area (TPSA) is 137 Å². The highest BCUT2D eigenvalue weighted by atomic mass is 31.1. The van der Waals surface area contributed by atoms with Crippen LogP contribution in [0, 0.1) is 0 Å². The van der Waals surface area contributed by atoms with E-state index in [0.717, 1.165) is 4.57 Å². The Morgan fingerprint density at radius 2 is 2.38 bits per heavy atom. The Labute approximate surface area is 119 Å². The first-order valence-corrected chi connectivity index (χ1v) is 7.02. The molecule has 0 spiro atoms. The highest BCUT2D eigenvalue weighted by molar-refractivity contribution is 7.32. The second kappa shape index (κ2) is 5.74. The van der Waals surface area contributed by atoms with Crippen LogP contribution >= 0.6 is 8.25 Å². The maximum absolute atomic E-state index is 14.4. The highest BCUT2D eigenvalue weighted by Gasteiger charge is 2.58. The van der Waals surface area contributed by atoms with E-state index < -0.39 is 44.7 Å². The molecule has 2 rings (SSSR count). The van der Waals surface area contributed by atoms with Crippen LogP contribution in [0.3, 0.4) is 0 Å². The molecular weight excluding hydrogens is 308 g/mol. The minimum absolute atomic E-state index is 0.0409. The van der Waals surface area contributed by atoms with Gasteiger partial charge in [-0.05, 0) is 13.0 Å². The van der Waals surface area contributed by atoms with Crippen molar-refractivity contribution in [1.29, 1.82) is 0 Å². The quantitative estimate of drug-likeness (QED) is 0.630. The van der Waals surface area contributed by atoms with Crippen molar-refractivity contribution in [2.24, 2.45) is 0 Å². The fraction of sp³-hybridized carbons (Fsp3) is 0.600. The number of aliphatic hydroxyl groups is 1. The Morgan fingerprint density at radius 3 is 2.90 bits per heavy atom. The van der Waals surface area contributed by atoms with Crippen LogP contribution in [-0.2, 0) is 13.8 Å². The van der Waals surface area contributed by atoms with Crippen molar-refractivity contribution in [2.75, 3.05) is 12.3 Å². The number of ether oxygens (including phenoxy) is 1. The van der Waals surface area contributed by atoms with E-state index in [1.807, 2.05) is 0 Å². The highest BCUT2D eigenvalue weighted by Crippen LogP contribution is 2.43. The molecule has 0 radical (unpaired) electrons. The number of anilines is 1. The van der Waals surface area contributed by atoms with Crippen molar-refractivity contribution in [2.45, 2.75) is 31.0 Å². The normalized spacial score (nSPS) is 33.1. The van der Waals surface area contributed by atoms with Gasteiger partial charge in [0.2, 0.25) is 0 Å². The lowest BCUT2D eigenvalue weighted by molar-refractivity contribution is -0.113. The monoisotopic (exact) mass is 322 g/mol. The molecule has 9 nitrogen and oxygen atoms in total. The lowest BCUT2D eigenvalue weighted by Crippen LogP contribution is -2.43. The van der Waals surface area contributed by atoms with Crippen molar-refractivity contribution in [1.82, 2.24) is 9.55 Å². The second-order valence-electron chi connectivity index (χ2n) is 4.73. The second-order valence-corrected chi connectivity index (χ2v) is 5.42. The van der Waals surface area contributed by atoms with Crippen molar-refractivity contribution in [3.8, 4) is 0 Å². The van der Waals surface area contributed by atoms with E-state index in [1.54, 1.807) is 0 Å². The van der Waals surface area contributed by atoms with Gasteiger partial charge in [-0.3, -0.25) is 4.57 Å². The zero-order valence-corrected chi connectivity index (χ0v) is 11.8. The average molecular weight is 322 g/mol. The number of hydrogen-bond acceptors (Lipinski definition) is 7. The first kappa shape index (κ1) is 15.9. The van der Waals surface area contributed by atoms with Crippen LogP contribution in [0.15, 0.2) is 17.1 Å². The SMILES string of the molecule is C[C@]1(CO)O[C@@H](n2ccc(N)nc2=O)[C@@H](F)C1O[P+](=O)O. The number of nitrogen functional groups attached to an aromatic ring is 1. The third-order valence-electron chi connectivity index (χ3n) is 3.20. The third kappa shape index (κ3) is 2.94. The summed E-state index contributed by atoms with van der Waals surface area (Å²) in [5.41, 5.74) is 2.90. The van der Waals surface area contributed by atoms with Crippen LogP contribution in [0.4, 0.5) is 10.2 Å². The fourth-order valence-electron chi connectivity index (χ4n) is 2.12. The summed E-state index contributed by atoms with van der Waals surface area (Å²) in [6.07, 6.45) is -3.76. The predicted octanol–water partition coefficient (Wildman–Crippen LogP) is -0.522. The number of hydrogen-bond donors (Lipinski definition) is 3. The minimum atomic E-state index is -3.11. The summed E-state index contributed by atoms with van der Waals surface area (Å²) in [6, 6.07) is 1.27. The number of rotatable bonds is 4. The van der Waals surface area contributed by atoms with Crippen LogP contribution < -0.4 is 11.4 Å². The summed E-state index contributed by atoms with van der Waals surface area (Å²) in [7, 11) is -3.11. The molecule has 0 saturated carbocycles. The summed E-state index contributed by atoms with van der Waals surface area (Å²) in [5.74, 6) is -0.0409. The van der Waals surface area contributed by atoms with E-state index in [9.17, 15) is 18.9 Å². The van der Waals surface area contributed by atoms with Crippen LogP contribution in [0.5, 0.6) is 0 Å². The van der Waals surface area contributed by atoms with E-state index in [4.69, 9.17) is 15.4 Å². The number of nitrogens with two attached hydrogens (primary N) is 1. The van der Waals surface area contributed by atoms with Crippen molar-refractivity contribution in [3.05, 3.63) is 22.7 Å². The van der Waals surface area contributed by atoms with Crippen LogP contribution in [0.1, 0.15) is 13.2 Å². The van der Waals surface area contributed by atoms with Crippen molar-refractivity contribution < 1.29 is 28.2 Å². The first-order chi connectivity index (χ1) is 9.78. The average Bonchev–Trinajstić information content (AvgIpc) is 2.64. The van der Waals surface area contributed by atoms with Gasteiger partial charge < -0.3 is 15.6 Å². The maximum Gasteiger partial charge on any atom is 0.695 e. The summed E-state index contributed by atoms with van der Waals surface area (Å²) >= 11 is 0. The van der Waals surface area contributed by atoms with Crippen LogP contribution in [0.2, 0.25) is 0 Å². The van der Waals surface area contributed by atoms with Gasteiger partial charge in [0.1, 0.15) is 11.4 Å². The molecule has 0 aromatic carbocycles. The molecule has 11 heteroatoms. The number of halogens is 1. The number of alkyl halides is 1. The van der Waals surface area contributed by atoms with E-state index in [0.29, 0.717) is 0 Å². The molecule has 0 amide bonds. The smallest absolute Gasteiger partial charge is 0.393 e. The Balaban J connectivity index is 2.38. The van der Waals surface area contributed by atoms with Gasteiger partial charge in [0.05, 0.1) is 6.61 Å². The van der Waals surface area contributed by atoms with E-state index >= 15 is 0 Å². The van der Waals surface area contributed by atoms with E-state index in [1.165, 1.54) is 19.2 Å². The van der Waals surface area contributed by atoms with Crippen LogP contribution in [-0.4, -0.2) is 44.0 Å². The number of aliphatic hydroxyl groups excluding tert-OH is 1. The van der Waals surface area contributed by atoms with Gasteiger partial charge in [0, 0.05) is 10.8 Å². The lowest BCUT2D eigenvalue weighted by Gasteiger charge is -2.24. The Hall–Kier alpha value is -1.45. The Kier molecular flexibility index (Phi) is 4.35. The summed E-state index contributed by atoms with van der Waals surface area (Å²) < 4.78 is 36.0. The van der Waals surface area contributed by atoms with Gasteiger partial charge in [-0.2, -0.15) is 4.98 Å². The molecule has 1 aromatic rings. The molecular formula is C10H14FN3O6P+. The summed E-state index contributed by atoms with van der Waals surface area (Å²) in [5, 5.41) is 9.33. The van der Waals surface area contributed by atoms with Gasteiger partial charge in [-0.25, -0.2) is 9.18 Å². The molecule has 1 aliphatic rings. The van der Waals surface area contributed by atoms with Gasteiger partial charge in [0.25, 0.3) is 0 Å². The standard InChI is InChI=1S/C10H13FN3O6P/c1-10(4-15)7(20-21(17)18)6(11)8(19-10)14-3-2-5(12)13-9(14)16/h2-3,6-8,15H,4H2,1H3,(H2-,12,13,16,17,18)/p+1/t6-,7?,8+,10+/m0/s1. The predicted molar refractivity (Wildman–Crippen MR) is 68.1 cm³/mol. The number of nitrogens with zero attached hydrogens (tertiary/aromatic N) is 2. The molecule has 1 aromatic heterocycles. The summed E-state index contributed by atoms with van der Waals surface area (Å²) in [4.78, 5) is 23.9. The number of aromatic nitrogens is 2. The van der Waals surface area contributed by atoms with E-state index in [-0.39, 0.29) is 5.82 Å². The minimum Gasteiger partial charge on any atom is -0.393 e. The Morgan fingerprint density at radius 1 is 1.71 bits per heavy atom. The zero-order chi connectivity index (χ0) is 15.8. The third-order valence-corrected chi connectivity index (χ3v) is 3.60. The Bertz CT molecular complexity index is 613. The molecule has 0 bridgehead atoms. The van der Waals surface area contributed by atoms with Gasteiger partial charge in [-0.1, -0.05) is 0 Å². The fourth-order valence-corrected chi connectivity index (χ4v) is 2.65. The van der Waals surface area contributed by atoms with Crippen molar-refractivity contribution in [3.63, 3.8) is 0 Å². The largest absolute Gasteiger partial charge is 0.695 e. The molecule has 21 heavy (non-hydrogen) atoms. The molecule has 5 atom stereocenters. The first-order valence-electron chi connectivity index (χ1n) is 5.89. The molecule has 4 N–H and O–H groups in total. The zero-order valence-electron chi connectivity index (χ0n) is 10.9. The van der Waals surface area contributed by atoms with Gasteiger partial charge in [-0.15, -0.1) is 9.42 Å². The molecule has 2 heterocycles. The molecule has 2 unspecified atom stereocenters. The van der Waals surface area contributed by atoms with Gasteiger partial charge in [0.15, 0.2) is 18.5 Å². The van der Waals surface area contributed by atoms with Crippen molar-refractivity contribution >= 4 is 14.1 Å². The van der Waals surface area contributed by atoms with E-state index in [2.05, 4.69) is 9.51 Å². The molecule has 1 saturated heterocycles. The molecule has 1 fully saturated rings. The molecule has 116 valence electrons. The maximum atomic E-state index is 14.4. The summed E-state index contributed by atoms with van der Waals surface area (Å²) in [6.45, 7) is 0.633.